The fourth-order valence-corrected chi connectivity index (χ4v) is 2.20. The van der Waals surface area contributed by atoms with Gasteiger partial charge in [0.25, 0.3) is 5.92 Å². The largest absolute Gasteiger partial charge is 0.496 e. The van der Waals surface area contributed by atoms with E-state index < -0.39 is 30.8 Å². The number of rotatable bonds is 4. The molecule has 2 rings (SSSR count). The minimum atomic E-state index is -2.80. The molecule has 1 amide bonds. The molecule has 0 radical (unpaired) electrons. The van der Waals surface area contributed by atoms with Crippen LogP contribution in [0.25, 0.3) is 0 Å². The maximum atomic E-state index is 13.0. The Balaban J connectivity index is 0.00000220. The third kappa shape index (κ3) is 4.54. The van der Waals surface area contributed by atoms with E-state index >= 15 is 0 Å². The van der Waals surface area contributed by atoms with Crippen LogP contribution in [0.3, 0.4) is 0 Å². The van der Waals surface area contributed by atoms with Crippen molar-refractivity contribution in [2.24, 2.45) is 0 Å². The first-order chi connectivity index (χ1) is 9.41. The molecule has 1 atom stereocenters. The topological polar surface area (TPSA) is 50.4 Å². The van der Waals surface area contributed by atoms with Gasteiger partial charge in [-0.05, 0) is 18.6 Å². The zero-order valence-corrected chi connectivity index (χ0v) is 12.7. The Labute approximate surface area is 128 Å². The van der Waals surface area contributed by atoms with Crippen molar-refractivity contribution in [3.05, 3.63) is 29.3 Å². The first-order valence-electron chi connectivity index (χ1n) is 6.44. The average molecular weight is 321 g/mol. The smallest absolute Gasteiger partial charge is 0.262 e. The van der Waals surface area contributed by atoms with Crippen molar-refractivity contribution in [2.75, 3.05) is 13.7 Å². The summed E-state index contributed by atoms with van der Waals surface area (Å²) < 4.78 is 31.3. The number of benzene rings is 1. The zero-order valence-electron chi connectivity index (χ0n) is 11.9. The van der Waals surface area contributed by atoms with Crippen molar-refractivity contribution >= 4 is 18.3 Å². The van der Waals surface area contributed by atoms with Gasteiger partial charge in [0.2, 0.25) is 5.91 Å². The minimum absolute atomic E-state index is 0. The first kappa shape index (κ1) is 17.7. The molecule has 1 heterocycles. The highest BCUT2D eigenvalue weighted by Gasteiger charge is 2.42. The van der Waals surface area contributed by atoms with E-state index in [-0.39, 0.29) is 19.0 Å². The highest BCUT2D eigenvalue weighted by atomic mass is 35.5. The maximum absolute atomic E-state index is 13.0. The standard InChI is InChI=1S/C14H18F2N2O2.ClH/c1-9-3-4-10(12(5-9)20-2)7-17-13(19)11-6-14(15,16)8-18-11;/h3-5,11,18H,6-8H2,1-2H3,(H,17,19);1H. The lowest BCUT2D eigenvalue weighted by molar-refractivity contribution is -0.123. The molecule has 0 aromatic heterocycles. The number of halogens is 3. The summed E-state index contributed by atoms with van der Waals surface area (Å²) in [6.07, 6.45) is -0.454. The molecule has 0 spiro atoms. The van der Waals surface area contributed by atoms with Gasteiger partial charge in [-0.1, -0.05) is 12.1 Å². The molecular formula is C14H19ClF2N2O2. The highest BCUT2D eigenvalue weighted by Crippen LogP contribution is 2.25. The van der Waals surface area contributed by atoms with Gasteiger partial charge in [0, 0.05) is 18.5 Å². The van der Waals surface area contributed by atoms with Crippen LogP contribution < -0.4 is 15.4 Å². The molecule has 118 valence electrons. The van der Waals surface area contributed by atoms with Gasteiger partial charge >= 0.3 is 0 Å². The molecule has 1 fully saturated rings. The van der Waals surface area contributed by atoms with Crippen molar-refractivity contribution in [1.29, 1.82) is 0 Å². The molecular weight excluding hydrogens is 302 g/mol. The number of methoxy groups -OCH3 is 1. The molecule has 1 aliphatic heterocycles. The summed E-state index contributed by atoms with van der Waals surface area (Å²) in [4.78, 5) is 11.8. The van der Waals surface area contributed by atoms with E-state index in [1.54, 1.807) is 7.11 Å². The molecule has 4 nitrogen and oxygen atoms in total. The average Bonchev–Trinajstić information content (AvgIpc) is 2.77. The first-order valence-corrected chi connectivity index (χ1v) is 6.44. The Kier molecular flexibility index (Phi) is 5.92. The number of nitrogens with one attached hydrogen (secondary N) is 2. The third-order valence-electron chi connectivity index (χ3n) is 3.32. The summed E-state index contributed by atoms with van der Waals surface area (Å²) in [5, 5.41) is 5.19. The van der Waals surface area contributed by atoms with E-state index in [1.165, 1.54) is 0 Å². The molecule has 1 aromatic rings. The van der Waals surface area contributed by atoms with Crippen LogP contribution in [-0.2, 0) is 11.3 Å². The summed E-state index contributed by atoms with van der Waals surface area (Å²) >= 11 is 0. The molecule has 0 saturated carbocycles. The Hall–Kier alpha value is -1.40. The van der Waals surface area contributed by atoms with Crippen LogP contribution in [0.4, 0.5) is 8.78 Å². The lowest BCUT2D eigenvalue weighted by atomic mass is 10.1. The molecule has 2 N–H and O–H groups in total. The summed E-state index contributed by atoms with van der Waals surface area (Å²) in [7, 11) is 1.55. The van der Waals surface area contributed by atoms with E-state index in [4.69, 9.17) is 4.74 Å². The molecule has 7 heteroatoms. The van der Waals surface area contributed by atoms with Gasteiger partial charge in [0.15, 0.2) is 0 Å². The monoisotopic (exact) mass is 320 g/mol. The lowest BCUT2D eigenvalue weighted by Crippen LogP contribution is -2.40. The van der Waals surface area contributed by atoms with Gasteiger partial charge < -0.3 is 10.1 Å². The molecule has 0 aliphatic carbocycles. The number of ether oxygens (including phenoxy) is 1. The highest BCUT2D eigenvalue weighted by molar-refractivity contribution is 5.85. The molecule has 21 heavy (non-hydrogen) atoms. The second-order valence-electron chi connectivity index (χ2n) is 5.03. The number of alkyl halides is 2. The molecule has 0 bridgehead atoms. The van der Waals surface area contributed by atoms with E-state index in [9.17, 15) is 13.6 Å². The Bertz CT molecular complexity index is 512. The van der Waals surface area contributed by atoms with Crippen molar-refractivity contribution in [1.82, 2.24) is 10.6 Å². The van der Waals surface area contributed by atoms with E-state index in [0.717, 1.165) is 11.1 Å². The van der Waals surface area contributed by atoms with Crippen LogP contribution in [0, 0.1) is 6.92 Å². The fourth-order valence-electron chi connectivity index (χ4n) is 2.20. The number of hydrogen-bond donors (Lipinski definition) is 2. The third-order valence-corrected chi connectivity index (χ3v) is 3.32. The normalized spacial score (nSPS) is 19.7. The number of carbonyl (C=O) groups excluding carboxylic acids is 1. The summed E-state index contributed by atoms with van der Waals surface area (Å²) in [5.74, 6) is -2.54. The van der Waals surface area contributed by atoms with Crippen LogP contribution in [0.2, 0.25) is 0 Å². The zero-order chi connectivity index (χ0) is 14.8. The van der Waals surface area contributed by atoms with Gasteiger partial charge in [-0.2, -0.15) is 0 Å². The SMILES string of the molecule is COc1cc(C)ccc1CNC(=O)C1CC(F)(F)CN1.Cl. The van der Waals surface area contributed by atoms with Gasteiger partial charge in [-0.3, -0.25) is 10.1 Å². The predicted molar refractivity (Wildman–Crippen MR) is 78.2 cm³/mol. The van der Waals surface area contributed by atoms with Crippen molar-refractivity contribution in [2.45, 2.75) is 31.9 Å². The maximum Gasteiger partial charge on any atom is 0.262 e. The molecule has 1 aromatic carbocycles. The van der Waals surface area contributed by atoms with Gasteiger partial charge in [0.1, 0.15) is 5.75 Å². The van der Waals surface area contributed by atoms with Crippen LogP contribution in [0.1, 0.15) is 17.5 Å². The van der Waals surface area contributed by atoms with Crippen LogP contribution >= 0.6 is 12.4 Å². The second-order valence-corrected chi connectivity index (χ2v) is 5.03. The molecule has 1 saturated heterocycles. The second kappa shape index (κ2) is 7.04. The number of aryl methyl sites for hydroxylation is 1. The Morgan fingerprint density at radius 3 is 2.81 bits per heavy atom. The van der Waals surface area contributed by atoms with E-state index in [0.29, 0.717) is 5.75 Å². The Morgan fingerprint density at radius 2 is 2.24 bits per heavy atom. The van der Waals surface area contributed by atoms with Crippen LogP contribution in [0.5, 0.6) is 5.75 Å². The summed E-state index contributed by atoms with van der Waals surface area (Å²) in [5.41, 5.74) is 1.87. The van der Waals surface area contributed by atoms with Crippen molar-refractivity contribution in [3.8, 4) is 5.75 Å². The number of hydrogen-bond acceptors (Lipinski definition) is 3. The summed E-state index contributed by atoms with van der Waals surface area (Å²) in [6.45, 7) is 1.75. The number of amides is 1. The predicted octanol–water partition coefficient (Wildman–Crippen LogP) is 2.04. The van der Waals surface area contributed by atoms with Crippen LogP contribution in [0.15, 0.2) is 18.2 Å². The number of carbonyl (C=O) groups is 1. The van der Waals surface area contributed by atoms with E-state index in [2.05, 4.69) is 10.6 Å². The van der Waals surface area contributed by atoms with Crippen molar-refractivity contribution in [3.63, 3.8) is 0 Å². The van der Waals surface area contributed by atoms with E-state index in [1.807, 2.05) is 25.1 Å². The van der Waals surface area contributed by atoms with Gasteiger partial charge in [0.05, 0.1) is 19.7 Å². The van der Waals surface area contributed by atoms with Gasteiger partial charge in [-0.15, -0.1) is 12.4 Å². The lowest BCUT2D eigenvalue weighted by Gasteiger charge is -2.13. The fraction of sp³-hybridized carbons (Fsp3) is 0.500. The summed E-state index contributed by atoms with van der Waals surface area (Å²) in [6, 6.07) is 4.79. The molecule has 1 aliphatic rings. The quantitative estimate of drug-likeness (QED) is 0.892. The molecule has 1 unspecified atom stereocenters. The minimum Gasteiger partial charge on any atom is -0.496 e. The Morgan fingerprint density at radius 1 is 1.52 bits per heavy atom. The van der Waals surface area contributed by atoms with Crippen LogP contribution in [-0.4, -0.2) is 31.5 Å². The van der Waals surface area contributed by atoms with Crippen molar-refractivity contribution < 1.29 is 18.3 Å². The van der Waals surface area contributed by atoms with Gasteiger partial charge in [-0.25, -0.2) is 8.78 Å².